The van der Waals surface area contributed by atoms with Crippen LogP contribution in [0.2, 0.25) is 0 Å². The van der Waals surface area contributed by atoms with E-state index in [9.17, 15) is 19.8 Å². The molecule has 0 heterocycles. The van der Waals surface area contributed by atoms with Gasteiger partial charge in [0.1, 0.15) is 5.76 Å². The highest BCUT2D eigenvalue weighted by atomic mass is 32.2. The normalized spacial score (nSPS) is 20.6. The number of rotatable bonds is 16. The van der Waals surface area contributed by atoms with Crippen LogP contribution in [0.3, 0.4) is 0 Å². The van der Waals surface area contributed by atoms with E-state index in [-0.39, 0.29) is 17.9 Å². The number of unbranched alkanes of at least 4 members (excludes halogenated alkanes) is 3. The molecule has 0 bridgehead atoms. The molecule has 0 aromatic carbocycles. The summed E-state index contributed by atoms with van der Waals surface area (Å²) in [6.07, 6.45) is 10.9. The van der Waals surface area contributed by atoms with Crippen LogP contribution in [0.1, 0.15) is 91.4 Å². The molecular weight excluding hydrogens is 428 g/mol. The van der Waals surface area contributed by atoms with Crippen molar-refractivity contribution >= 4 is 23.7 Å². The minimum Gasteiger partial charge on any atom is -0.469 e. The molecule has 0 amide bonds. The summed E-state index contributed by atoms with van der Waals surface area (Å²) in [7, 11) is 1.40. The molecule has 2 N–H and O–H groups in total. The first-order valence-electron chi connectivity index (χ1n) is 11.9. The van der Waals surface area contributed by atoms with Crippen molar-refractivity contribution in [1.29, 1.82) is 0 Å². The number of thioether (sulfide) groups is 1. The Hall–Kier alpha value is -1.31. The lowest BCUT2D eigenvalue weighted by atomic mass is 9.94. The number of hydrogen-bond acceptors (Lipinski definition) is 7. The number of ether oxygens (including phenoxy) is 2. The summed E-state index contributed by atoms with van der Waals surface area (Å²) < 4.78 is 10.3. The summed E-state index contributed by atoms with van der Waals surface area (Å²) in [4.78, 5) is 24.2. The van der Waals surface area contributed by atoms with Crippen molar-refractivity contribution in [3.8, 4) is 0 Å². The van der Waals surface area contributed by atoms with Crippen molar-refractivity contribution < 1.29 is 29.3 Å². The van der Waals surface area contributed by atoms with E-state index in [1.807, 2.05) is 26.0 Å². The molecule has 0 spiro atoms. The third-order valence-electron chi connectivity index (χ3n) is 5.56. The third kappa shape index (κ3) is 11.0. The van der Waals surface area contributed by atoms with Crippen molar-refractivity contribution in [3.63, 3.8) is 0 Å². The second kappa shape index (κ2) is 15.5. The standard InChI is InChI=1S/C25H42O6S/c1-5-7-15-25(3,29)16-11-13-19-20(26)18-21(31-23(28)12-6-2)24(19)32-17-10-8-9-14-22(27)30-4/h11,13,19-20,26,29H,5-10,12,14-18H2,1-4H3/t19-,20+,25-/m0/s1. The maximum absolute atomic E-state index is 12.1. The Bertz CT molecular complexity index is 640. The molecule has 0 aliphatic heterocycles. The second-order valence-electron chi connectivity index (χ2n) is 8.78. The van der Waals surface area contributed by atoms with E-state index in [1.165, 1.54) is 7.11 Å². The topological polar surface area (TPSA) is 93.1 Å². The van der Waals surface area contributed by atoms with Crippen molar-refractivity contribution in [2.45, 2.75) is 103 Å². The second-order valence-corrected chi connectivity index (χ2v) is 9.91. The average molecular weight is 471 g/mol. The van der Waals surface area contributed by atoms with E-state index in [1.54, 1.807) is 11.8 Å². The van der Waals surface area contributed by atoms with Gasteiger partial charge < -0.3 is 19.7 Å². The van der Waals surface area contributed by atoms with E-state index in [4.69, 9.17) is 4.74 Å². The highest BCUT2D eigenvalue weighted by Gasteiger charge is 2.34. The van der Waals surface area contributed by atoms with Gasteiger partial charge in [0.2, 0.25) is 0 Å². The van der Waals surface area contributed by atoms with Crippen molar-refractivity contribution in [1.82, 2.24) is 0 Å². The Morgan fingerprint density at radius 3 is 2.53 bits per heavy atom. The van der Waals surface area contributed by atoms with Gasteiger partial charge in [0.25, 0.3) is 0 Å². The van der Waals surface area contributed by atoms with Gasteiger partial charge in [-0.3, -0.25) is 9.59 Å². The van der Waals surface area contributed by atoms with Gasteiger partial charge >= 0.3 is 11.9 Å². The van der Waals surface area contributed by atoms with Gasteiger partial charge in [-0.15, -0.1) is 11.8 Å². The molecule has 0 saturated carbocycles. The fourth-order valence-corrected chi connectivity index (χ4v) is 4.90. The summed E-state index contributed by atoms with van der Waals surface area (Å²) in [6, 6.07) is 0. The van der Waals surface area contributed by atoms with Crippen molar-refractivity contribution in [2.24, 2.45) is 5.92 Å². The predicted molar refractivity (Wildman–Crippen MR) is 129 cm³/mol. The van der Waals surface area contributed by atoms with E-state index in [2.05, 4.69) is 11.7 Å². The van der Waals surface area contributed by atoms with Crippen LogP contribution in [0.5, 0.6) is 0 Å². The Balaban J connectivity index is 2.76. The Morgan fingerprint density at radius 2 is 1.88 bits per heavy atom. The highest BCUT2D eigenvalue weighted by Crippen LogP contribution is 2.41. The lowest BCUT2D eigenvalue weighted by Crippen LogP contribution is -2.23. The summed E-state index contributed by atoms with van der Waals surface area (Å²) >= 11 is 1.61. The quantitative estimate of drug-likeness (QED) is 0.180. The summed E-state index contributed by atoms with van der Waals surface area (Å²) in [5.74, 6) is 0.697. The summed E-state index contributed by atoms with van der Waals surface area (Å²) in [5.41, 5.74) is -0.761. The lowest BCUT2D eigenvalue weighted by molar-refractivity contribution is -0.141. The fraction of sp³-hybridized carbons (Fsp3) is 0.760. The first kappa shape index (κ1) is 28.7. The van der Waals surface area contributed by atoms with E-state index >= 15 is 0 Å². The molecule has 0 unspecified atom stereocenters. The molecule has 0 aromatic rings. The Labute approximate surface area is 197 Å². The minimum atomic E-state index is -0.761. The highest BCUT2D eigenvalue weighted by molar-refractivity contribution is 8.03. The van der Waals surface area contributed by atoms with E-state index in [0.29, 0.717) is 37.9 Å². The number of aliphatic hydroxyl groups excluding tert-OH is 1. The van der Waals surface area contributed by atoms with Crippen molar-refractivity contribution in [3.05, 3.63) is 22.8 Å². The predicted octanol–water partition coefficient (Wildman–Crippen LogP) is 5.28. The maximum atomic E-state index is 12.1. The maximum Gasteiger partial charge on any atom is 0.310 e. The first-order valence-corrected chi connectivity index (χ1v) is 12.9. The summed E-state index contributed by atoms with van der Waals surface area (Å²) in [6.45, 7) is 5.88. The van der Waals surface area contributed by atoms with Crippen LogP contribution in [0.4, 0.5) is 0 Å². The number of esters is 2. The smallest absolute Gasteiger partial charge is 0.310 e. The molecular formula is C25H42O6S. The summed E-state index contributed by atoms with van der Waals surface area (Å²) in [5, 5.41) is 21.2. The number of hydrogen-bond donors (Lipinski definition) is 2. The van der Waals surface area contributed by atoms with Crippen LogP contribution in [-0.4, -0.2) is 46.7 Å². The number of carbonyl (C=O) groups is 2. The largest absolute Gasteiger partial charge is 0.469 e. The minimum absolute atomic E-state index is 0.190. The number of aliphatic hydroxyl groups is 2. The van der Waals surface area contributed by atoms with Gasteiger partial charge in [-0.1, -0.05) is 45.3 Å². The zero-order valence-corrected chi connectivity index (χ0v) is 21.0. The molecule has 0 aromatic heterocycles. The molecule has 32 heavy (non-hydrogen) atoms. The van der Waals surface area contributed by atoms with Crippen LogP contribution < -0.4 is 0 Å². The molecule has 6 nitrogen and oxygen atoms in total. The van der Waals surface area contributed by atoms with Gasteiger partial charge in [0, 0.05) is 30.1 Å². The number of methoxy groups -OCH3 is 1. The Morgan fingerprint density at radius 1 is 1.12 bits per heavy atom. The molecule has 7 heteroatoms. The molecule has 184 valence electrons. The monoisotopic (exact) mass is 470 g/mol. The van der Waals surface area contributed by atoms with Crippen molar-refractivity contribution in [2.75, 3.05) is 12.9 Å². The molecule has 0 radical (unpaired) electrons. The first-order chi connectivity index (χ1) is 15.2. The molecule has 0 fully saturated rings. The van der Waals surface area contributed by atoms with Gasteiger partial charge in [-0.2, -0.15) is 0 Å². The fourth-order valence-electron chi connectivity index (χ4n) is 3.62. The van der Waals surface area contributed by atoms with Gasteiger partial charge in [0.15, 0.2) is 0 Å². The van der Waals surface area contributed by atoms with Crippen LogP contribution in [-0.2, 0) is 19.1 Å². The van der Waals surface area contributed by atoms with Crippen LogP contribution in [0.15, 0.2) is 22.8 Å². The zero-order chi connectivity index (χ0) is 24.0. The zero-order valence-electron chi connectivity index (χ0n) is 20.2. The molecule has 1 aliphatic carbocycles. The van der Waals surface area contributed by atoms with Crippen LogP contribution >= 0.6 is 11.8 Å². The van der Waals surface area contributed by atoms with E-state index in [0.717, 1.165) is 49.2 Å². The SMILES string of the molecule is CCCC[C@](C)(O)CC=C[C@@H]1C(SCCCCCC(=O)OC)=C(OC(=O)CCC)C[C@H]1O. The number of carbonyl (C=O) groups excluding carboxylic acids is 2. The van der Waals surface area contributed by atoms with E-state index < -0.39 is 11.7 Å². The van der Waals surface area contributed by atoms with Gasteiger partial charge in [-0.05, 0) is 44.8 Å². The van der Waals surface area contributed by atoms with Gasteiger partial charge in [-0.25, -0.2) is 0 Å². The third-order valence-corrected chi connectivity index (χ3v) is 6.86. The van der Waals surface area contributed by atoms with Crippen LogP contribution in [0.25, 0.3) is 0 Å². The average Bonchev–Trinajstić information content (AvgIpc) is 3.03. The molecule has 1 rings (SSSR count). The molecule has 0 saturated heterocycles. The molecule has 3 atom stereocenters. The molecule has 1 aliphatic rings. The van der Waals surface area contributed by atoms with Gasteiger partial charge in [0.05, 0.1) is 18.8 Å². The lowest BCUT2D eigenvalue weighted by Gasteiger charge is -2.21. The Kier molecular flexibility index (Phi) is 13.9. The van der Waals surface area contributed by atoms with Crippen LogP contribution in [0, 0.1) is 5.92 Å².